The third-order valence-electron chi connectivity index (χ3n) is 1.09. The van der Waals surface area contributed by atoms with Crippen LogP contribution in [0.4, 0.5) is 0 Å². The highest BCUT2D eigenvalue weighted by molar-refractivity contribution is 5.76. The van der Waals surface area contributed by atoms with Crippen LogP contribution in [-0.4, -0.2) is 12.6 Å². The second-order valence-corrected chi connectivity index (χ2v) is 1.64. The Morgan fingerprint density at radius 1 is 1.88 bits per heavy atom. The number of hydrogen-bond donors (Lipinski definition) is 0. The van der Waals surface area contributed by atoms with Crippen LogP contribution in [-0.2, 0) is 9.53 Å². The van der Waals surface area contributed by atoms with E-state index < -0.39 is 5.92 Å². The standard InChI is InChI=1S/C5H5NO2/c6-3-4-1-2-8-5(4)7/h4H,1-2H2/t4-/m0/s1. The molecule has 1 aliphatic heterocycles. The van der Waals surface area contributed by atoms with Gasteiger partial charge in [-0.05, 0) is 0 Å². The van der Waals surface area contributed by atoms with Crippen molar-refractivity contribution >= 4 is 5.97 Å². The molecule has 0 bridgehead atoms. The molecule has 0 aliphatic carbocycles. The van der Waals surface area contributed by atoms with Crippen molar-refractivity contribution in [1.29, 1.82) is 5.26 Å². The highest BCUT2D eigenvalue weighted by Crippen LogP contribution is 2.11. The highest BCUT2D eigenvalue weighted by atomic mass is 16.5. The van der Waals surface area contributed by atoms with E-state index in [0.717, 1.165) is 0 Å². The summed E-state index contributed by atoms with van der Waals surface area (Å²) in [5.41, 5.74) is 0. The van der Waals surface area contributed by atoms with E-state index in [1.165, 1.54) is 0 Å². The summed E-state index contributed by atoms with van der Waals surface area (Å²) in [4.78, 5) is 10.4. The largest absolute Gasteiger partial charge is 0.465 e. The lowest BCUT2D eigenvalue weighted by Crippen LogP contribution is -2.03. The Balaban J connectivity index is 2.58. The number of hydrogen-bond acceptors (Lipinski definition) is 3. The van der Waals surface area contributed by atoms with Gasteiger partial charge in [-0.1, -0.05) is 0 Å². The third-order valence-corrected chi connectivity index (χ3v) is 1.09. The molecule has 1 heterocycles. The quantitative estimate of drug-likeness (QED) is 0.416. The predicted molar refractivity (Wildman–Crippen MR) is 24.7 cm³/mol. The van der Waals surface area contributed by atoms with Gasteiger partial charge in [0.1, 0.15) is 5.92 Å². The summed E-state index contributed by atoms with van der Waals surface area (Å²) >= 11 is 0. The second kappa shape index (κ2) is 1.83. The number of carbonyl (C=O) groups is 1. The maximum Gasteiger partial charge on any atom is 0.323 e. The Labute approximate surface area is 46.9 Å². The first-order valence-corrected chi connectivity index (χ1v) is 2.41. The minimum Gasteiger partial charge on any atom is -0.465 e. The molecular weight excluding hydrogens is 106 g/mol. The maximum atomic E-state index is 10.4. The molecule has 0 radical (unpaired) electrons. The first-order chi connectivity index (χ1) is 3.84. The van der Waals surface area contributed by atoms with Gasteiger partial charge in [-0.3, -0.25) is 4.79 Å². The van der Waals surface area contributed by atoms with E-state index in [0.29, 0.717) is 13.0 Å². The van der Waals surface area contributed by atoms with E-state index in [4.69, 9.17) is 5.26 Å². The first kappa shape index (κ1) is 5.10. The fraction of sp³-hybridized carbons (Fsp3) is 0.600. The Morgan fingerprint density at radius 2 is 2.62 bits per heavy atom. The van der Waals surface area contributed by atoms with Gasteiger partial charge in [-0.15, -0.1) is 0 Å². The molecule has 0 aromatic rings. The zero-order valence-corrected chi connectivity index (χ0v) is 4.26. The lowest BCUT2D eigenvalue weighted by atomic mass is 10.1. The van der Waals surface area contributed by atoms with Crippen molar-refractivity contribution in [1.82, 2.24) is 0 Å². The van der Waals surface area contributed by atoms with Gasteiger partial charge in [0.25, 0.3) is 0 Å². The molecule has 3 heteroatoms. The minimum absolute atomic E-state index is 0.368. The molecule has 0 unspecified atom stereocenters. The lowest BCUT2D eigenvalue weighted by molar-refractivity contribution is -0.139. The Bertz CT molecular complexity index is 147. The van der Waals surface area contributed by atoms with Crippen molar-refractivity contribution < 1.29 is 9.53 Å². The van der Waals surface area contributed by atoms with Crippen molar-refractivity contribution in [3.8, 4) is 6.07 Å². The SMILES string of the molecule is N#C[C@@H]1CCOC1=O. The molecule has 1 atom stereocenters. The molecule has 0 aromatic carbocycles. The van der Waals surface area contributed by atoms with Gasteiger partial charge < -0.3 is 4.74 Å². The molecule has 8 heavy (non-hydrogen) atoms. The van der Waals surface area contributed by atoms with Crippen molar-refractivity contribution in [2.75, 3.05) is 6.61 Å². The van der Waals surface area contributed by atoms with Crippen LogP contribution in [0.2, 0.25) is 0 Å². The Kier molecular flexibility index (Phi) is 1.17. The maximum absolute atomic E-state index is 10.4. The molecule has 1 fully saturated rings. The zero-order valence-electron chi connectivity index (χ0n) is 4.26. The van der Waals surface area contributed by atoms with Gasteiger partial charge >= 0.3 is 5.97 Å². The molecule has 0 aromatic heterocycles. The number of rotatable bonds is 0. The van der Waals surface area contributed by atoms with Crippen LogP contribution < -0.4 is 0 Å². The summed E-state index contributed by atoms with van der Waals surface area (Å²) in [6.45, 7) is 0.414. The van der Waals surface area contributed by atoms with Crippen molar-refractivity contribution in [2.45, 2.75) is 6.42 Å². The monoisotopic (exact) mass is 111 g/mol. The fourth-order valence-corrected chi connectivity index (χ4v) is 0.613. The lowest BCUT2D eigenvalue weighted by Gasteiger charge is -1.86. The number of carbonyl (C=O) groups excluding carboxylic acids is 1. The number of esters is 1. The summed E-state index contributed by atoms with van der Waals surface area (Å²) < 4.78 is 4.49. The van der Waals surface area contributed by atoms with E-state index in [1.54, 1.807) is 0 Å². The molecular formula is C5H5NO2. The van der Waals surface area contributed by atoms with Crippen LogP contribution in [0.15, 0.2) is 0 Å². The summed E-state index contributed by atoms with van der Waals surface area (Å²) in [6.07, 6.45) is 0.565. The molecule has 3 nitrogen and oxygen atoms in total. The highest BCUT2D eigenvalue weighted by Gasteiger charge is 2.25. The van der Waals surface area contributed by atoms with Gasteiger partial charge in [0.2, 0.25) is 0 Å². The molecule has 0 spiro atoms. The van der Waals surface area contributed by atoms with E-state index in [9.17, 15) is 4.79 Å². The predicted octanol–water partition coefficient (Wildman–Crippen LogP) is 0.0731. The summed E-state index contributed by atoms with van der Waals surface area (Å²) in [5.74, 6) is -0.859. The second-order valence-electron chi connectivity index (χ2n) is 1.64. The number of ether oxygens (including phenoxy) is 1. The molecule has 1 aliphatic rings. The van der Waals surface area contributed by atoms with Crippen LogP contribution in [0.3, 0.4) is 0 Å². The molecule has 1 rings (SSSR count). The third kappa shape index (κ3) is 0.648. The van der Waals surface area contributed by atoms with Gasteiger partial charge in [0, 0.05) is 6.42 Å². The minimum atomic E-state index is -0.491. The van der Waals surface area contributed by atoms with Crippen LogP contribution in [0.5, 0.6) is 0 Å². The van der Waals surface area contributed by atoms with E-state index in [-0.39, 0.29) is 5.97 Å². The van der Waals surface area contributed by atoms with Gasteiger partial charge in [-0.25, -0.2) is 0 Å². The molecule has 42 valence electrons. The van der Waals surface area contributed by atoms with E-state index in [2.05, 4.69) is 4.74 Å². The number of nitrogens with zero attached hydrogens (tertiary/aromatic N) is 1. The average molecular weight is 111 g/mol. The van der Waals surface area contributed by atoms with Crippen molar-refractivity contribution in [3.05, 3.63) is 0 Å². The topological polar surface area (TPSA) is 50.1 Å². The van der Waals surface area contributed by atoms with Crippen LogP contribution in [0, 0.1) is 17.2 Å². The molecule has 0 amide bonds. The van der Waals surface area contributed by atoms with Gasteiger partial charge in [-0.2, -0.15) is 5.26 Å². The molecule has 0 N–H and O–H groups in total. The summed E-state index contributed by atoms with van der Waals surface area (Å²) in [5, 5.41) is 8.19. The average Bonchev–Trinajstić information content (AvgIpc) is 2.14. The van der Waals surface area contributed by atoms with E-state index >= 15 is 0 Å². The van der Waals surface area contributed by atoms with Crippen molar-refractivity contribution in [2.24, 2.45) is 5.92 Å². The number of cyclic esters (lactones) is 1. The van der Waals surface area contributed by atoms with E-state index in [1.807, 2.05) is 6.07 Å². The van der Waals surface area contributed by atoms with Gasteiger partial charge in [0.05, 0.1) is 12.7 Å². The normalized spacial score (nSPS) is 26.9. The Hall–Kier alpha value is -1.04. The molecule has 1 saturated heterocycles. The van der Waals surface area contributed by atoms with Crippen LogP contribution >= 0.6 is 0 Å². The first-order valence-electron chi connectivity index (χ1n) is 2.41. The zero-order chi connectivity index (χ0) is 5.98. The summed E-state index contributed by atoms with van der Waals surface area (Å²) in [6, 6.07) is 1.84. The van der Waals surface area contributed by atoms with Crippen LogP contribution in [0.1, 0.15) is 6.42 Å². The Morgan fingerprint density at radius 3 is 2.88 bits per heavy atom. The number of nitriles is 1. The van der Waals surface area contributed by atoms with Crippen LogP contribution in [0.25, 0.3) is 0 Å². The van der Waals surface area contributed by atoms with Gasteiger partial charge in [0.15, 0.2) is 0 Å². The fourth-order valence-electron chi connectivity index (χ4n) is 0.613. The smallest absolute Gasteiger partial charge is 0.323 e. The van der Waals surface area contributed by atoms with Crippen molar-refractivity contribution in [3.63, 3.8) is 0 Å². The molecule has 0 saturated carbocycles. The summed E-state index contributed by atoms with van der Waals surface area (Å²) in [7, 11) is 0.